The molecule has 2 atom stereocenters. The van der Waals surface area contributed by atoms with Gasteiger partial charge in [-0.05, 0) is 5.56 Å². The summed E-state index contributed by atoms with van der Waals surface area (Å²) in [4.78, 5) is 11.8. The third kappa shape index (κ3) is 6.56. The van der Waals surface area contributed by atoms with Crippen molar-refractivity contribution in [2.45, 2.75) is 11.9 Å². The minimum absolute atomic E-state index is 0. The Morgan fingerprint density at radius 3 is 2.81 bits per heavy atom. The lowest BCUT2D eigenvalue weighted by molar-refractivity contribution is -0.134. The number of hydrogen-bond donors (Lipinski definition) is 2. The number of hydrogen-bond acceptors (Lipinski definition) is 4. The van der Waals surface area contributed by atoms with Crippen LogP contribution in [0.2, 0.25) is 0 Å². The molecule has 1 saturated heterocycles. The van der Waals surface area contributed by atoms with Crippen LogP contribution in [0.1, 0.15) is 5.56 Å². The topological polar surface area (TPSA) is 67.4 Å². The molecule has 0 aliphatic carbocycles. The normalized spacial score (nSPS) is 19.3. The van der Waals surface area contributed by atoms with Crippen molar-refractivity contribution in [2.75, 3.05) is 32.0 Å². The first-order chi connectivity index (χ1) is 9.75. The average molecular weight is 333 g/mol. The highest BCUT2D eigenvalue weighted by molar-refractivity contribution is 7.84. The summed E-state index contributed by atoms with van der Waals surface area (Å²) in [5, 5.41) is 5.87. The molecular weight excluding hydrogens is 312 g/mol. The molecular formula is C14H21ClN2O3S. The van der Waals surface area contributed by atoms with Gasteiger partial charge in [0.25, 0.3) is 0 Å². The van der Waals surface area contributed by atoms with E-state index in [1.54, 1.807) is 0 Å². The number of carbonyl (C=O) groups excluding carboxylic acids is 1. The van der Waals surface area contributed by atoms with Gasteiger partial charge in [0.05, 0.1) is 6.61 Å². The van der Waals surface area contributed by atoms with Crippen LogP contribution in [0.4, 0.5) is 0 Å². The lowest BCUT2D eigenvalue weighted by atomic mass is 10.2. The van der Waals surface area contributed by atoms with Gasteiger partial charge in [-0.25, -0.2) is 0 Å². The Morgan fingerprint density at radius 2 is 2.14 bits per heavy atom. The molecule has 21 heavy (non-hydrogen) atoms. The number of benzene rings is 1. The number of amides is 1. The zero-order valence-electron chi connectivity index (χ0n) is 11.7. The molecule has 0 spiro atoms. The van der Waals surface area contributed by atoms with E-state index in [-0.39, 0.29) is 18.3 Å². The van der Waals surface area contributed by atoms with Crippen LogP contribution in [0, 0.1) is 0 Å². The molecule has 0 aromatic heterocycles. The van der Waals surface area contributed by atoms with Gasteiger partial charge in [-0.3, -0.25) is 9.00 Å². The van der Waals surface area contributed by atoms with Gasteiger partial charge in [0.15, 0.2) is 0 Å². The molecule has 118 valence electrons. The number of halogens is 1. The lowest BCUT2D eigenvalue weighted by Gasteiger charge is -2.22. The molecule has 1 aliphatic heterocycles. The van der Waals surface area contributed by atoms with Crippen LogP contribution in [0.3, 0.4) is 0 Å². The van der Waals surface area contributed by atoms with Gasteiger partial charge in [-0.15, -0.1) is 12.4 Å². The van der Waals surface area contributed by atoms with E-state index in [1.807, 2.05) is 30.3 Å². The summed E-state index contributed by atoms with van der Waals surface area (Å²) in [6, 6.07) is 9.71. The number of ether oxygens (including phenoxy) is 1. The molecule has 1 aromatic rings. The van der Waals surface area contributed by atoms with E-state index in [0.717, 1.165) is 12.1 Å². The van der Waals surface area contributed by atoms with Crippen LogP contribution in [0.5, 0.6) is 0 Å². The monoisotopic (exact) mass is 332 g/mol. The summed E-state index contributed by atoms with van der Waals surface area (Å²) in [6.07, 6.45) is -0.425. The maximum atomic E-state index is 11.9. The summed E-state index contributed by atoms with van der Waals surface area (Å²) >= 11 is 0. The zero-order chi connectivity index (χ0) is 14.2. The molecule has 0 bridgehead atoms. The zero-order valence-corrected chi connectivity index (χ0v) is 13.4. The summed E-state index contributed by atoms with van der Waals surface area (Å²) in [5.74, 6) is 0.854. The van der Waals surface area contributed by atoms with Crippen LogP contribution in [0.25, 0.3) is 0 Å². The number of morpholine rings is 1. The molecule has 1 aliphatic rings. The van der Waals surface area contributed by atoms with Crippen LogP contribution in [-0.2, 0) is 26.1 Å². The Hall–Kier alpha value is -0.950. The van der Waals surface area contributed by atoms with Crippen molar-refractivity contribution in [3.63, 3.8) is 0 Å². The molecule has 1 heterocycles. The van der Waals surface area contributed by atoms with Gasteiger partial charge >= 0.3 is 0 Å². The molecule has 5 nitrogen and oxygen atoms in total. The SMILES string of the molecule is Cl.O=C(NCCS(=O)Cc1ccccc1)C1CNCCO1. The van der Waals surface area contributed by atoms with Crippen LogP contribution >= 0.6 is 12.4 Å². The molecule has 2 N–H and O–H groups in total. The Labute approximate surface area is 133 Å². The lowest BCUT2D eigenvalue weighted by Crippen LogP contribution is -2.48. The third-order valence-corrected chi connectivity index (χ3v) is 4.33. The Morgan fingerprint density at radius 1 is 1.38 bits per heavy atom. The predicted octanol–water partition coefficient (Wildman–Crippen LogP) is 0.462. The van der Waals surface area contributed by atoms with Crippen molar-refractivity contribution >= 4 is 29.1 Å². The minimum Gasteiger partial charge on any atom is -0.366 e. The molecule has 1 amide bonds. The number of nitrogens with one attached hydrogen (secondary N) is 2. The first kappa shape index (κ1) is 18.1. The quantitative estimate of drug-likeness (QED) is 0.794. The van der Waals surface area contributed by atoms with E-state index >= 15 is 0 Å². The summed E-state index contributed by atoms with van der Waals surface area (Å²) < 4.78 is 17.2. The molecule has 0 radical (unpaired) electrons. The maximum Gasteiger partial charge on any atom is 0.250 e. The van der Waals surface area contributed by atoms with Crippen molar-refractivity contribution in [1.82, 2.24) is 10.6 Å². The molecule has 1 aromatic carbocycles. The highest BCUT2D eigenvalue weighted by Gasteiger charge is 2.21. The Balaban J connectivity index is 0.00000220. The molecule has 7 heteroatoms. The standard InChI is InChI=1S/C14H20N2O3S.ClH/c17-14(13-10-15-6-8-19-13)16-7-9-20(18)11-12-4-2-1-3-5-12;/h1-5,13,15H,6-11H2,(H,16,17);1H. The van der Waals surface area contributed by atoms with Gasteiger partial charge in [0.2, 0.25) is 5.91 Å². The van der Waals surface area contributed by atoms with Crippen LogP contribution < -0.4 is 10.6 Å². The molecule has 2 rings (SSSR count). The summed E-state index contributed by atoms with van der Waals surface area (Å²) in [7, 11) is -0.964. The van der Waals surface area contributed by atoms with Crippen molar-refractivity contribution < 1.29 is 13.7 Å². The van der Waals surface area contributed by atoms with Crippen molar-refractivity contribution in [3.05, 3.63) is 35.9 Å². The third-order valence-electron chi connectivity index (χ3n) is 3.02. The van der Waals surface area contributed by atoms with Gasteiger partial charge < -0.3 is 15.4 Å². The van der Waals surface area contributed by atoms with Crippen molar-refractivity contribution in [1.29, 1.82) is 0 Å². The predicted molar refractivity (Wildman–Crippen MR) is 86.0 cm³/mol. The fourth-order valence-corrected chi connectivity index (χ4v) is 3.01. The van der Waals surface area contributed by atoms with E-state index in [0.29, 0.717) is 31.2 Å². The highest BCUT2D eigenvalue weighted by atomic mass is 35.5. The first-order valence-corrected chi connectivity index (χ1v) is 8.23. The molecule has 2 unspecified atom stereocenters. The molecule has 0 saturated carbocycles. The van der Waals surface area contributed by atoms with Gasteiger partial charge in [0, 0.05) is 41.9 Å². The number of rotatable bonds is 6. The van der Waals surface area contributed by atoms with Crippen molar-refractivity contribution in [3.8, 4) is 0 Å². The first-order valence-electron chi connectivity index (χ1n) is 6.74. The van der Waals surface area contributed by atoms with Gasteiger partial charge in [-0.2, -0.15) is 0 Å². The maximum absolute atomic E-state index is 11.9. The second-order valence-corrected chi connectivity index (χ2v) is 6.21. The van der Waals surface area contributed by atoms with E-state index in [2.05, 4.69) is 10.6 Å². The Kier molecular flexibility index (Phi) is 8.52. The highest BCUT2D eigenvalue weighted by Crippen LogP contribution is 2.02. The largest absolute Gasteiger partial charge is 0.366 e. The fraction of sp³-hybridized carbons (Fsp3) is 0.500. The fourth-order valence-electron chi connectivity index (χ4n) is 1.97. The van der Waals surface area contributed by atoms with Crippen LogP contribution in [-0.4, -0.2) is 48.2 Å². The average Bonchev–Trinajstić information content (AvgIpc) is 2.49. The van der Waals surface area contributed by atoms with Crippen molar-refractivity contribution in [2.24, 2.45) is 0 Å². The second-order valence-electron chi connectivity index (χ2n) is 4.63. The summed E-state index contributed by atoms with van der Waals surface area (Å²) in [5.41, 5.74) is 1.05. The van der Waals surface area contributed by atoms with Gasteiger partial charge in [-0.1, -0.05) is 30.3 Å². The van der Waals surface area contributed by atoms with Crippen LogP contribution in [0.15, 0.2) is 30.3 Å². The number of carbonyl (C=O) groups is 1. The van der Waals surface area contributed by atoms with E-state index < -0.39 is 16.9 Å². The Bertz CT molecular complexity index is 453. The summed E-state index contributed by atoms with van der Waals surface area (Å²) in [6.45, 7) is 2.29. The smallest absolute Gasteiger partial charge is 0.250 e. The minimum atomic E-state index is -0.964. The van der Waals surface area contributed by atoms with Gasteiger partial charge in [0.1, 0.15) is 6.10 Å². The van der Waals surface area contributed by atoms with E-state index in [4.69, 9.17) is 4.74 Å². The molecule has 1 fully saturated rings. The second kappa shape index (κ2) is 9.89. The van der Waals surface area contributed by atoms with E-state index in [1.165, 1.54) is 0 Å². The van der Waals surface area contributed by atoms with E-state index in [9.17, 15) is 9.00 Å².